The minimum atomic E-state index is -1.21. The molecule has 0 atom stereocenters. The standard InChI is InChI=1S/C25H35N3O5S/c1-4-6-7-8-9-10-14-26-25(33)27-22-20(24(31)32)17(3)21(34-22)23(30)28(15-5-2)18-12-11-13-19(29)16-18/h11-13,16,29H,4-10,14-15H2,1-3H3,(H,31,32)(H2,26,27,33). The van der Waals surface area contributed by atoms with Crippen LogP contribution < -0.4 is 15.5 Å². The molecule has 0 saturated carbocycles. The summed E-state index contributed by atoms with van der Waals surface area (Å²) in [7, 11) is 0. The van der Waals surface area contributed by atoms with Crippen molar-refractivity contribution in [2.75, 3.05) is 23.3 Å². The van der Waals surface area contributed by atoms with Crippen LogP contribution in [0.3, 0.4) is 0 Å². The number of carbonyl (C=O) groups excluding carboxylic acids is 2. The first-order valence-corrected chi connectivity index (χ1v) is 12.6. The molecule has 2 rings (SSSR count). The summed E-state index contributed by atoms with van der Waals surface area (Å²) >= 11 is 0.950. The lowest BCUT2D eigenvalue weighted by Gasteiger charge is -2.22. The van der Waals surface area contributed by atoms with Crippen LogP contribution in [0.15, 0.2) is 24.3 Å². The van der Waals surface area contributed by atoms with E-state index in [1.165, 1.54) is 36.3 Å². The number of carboxylic acid groups (broad SMARTS) is 1. The third-order valence-corrected chi connectivity index (χ3v) is 6.63. The van der Waals surface area contributed by atoms with Crippen molar-refractivity contribution >= 4 is 39.9 Å². The van der Waals surface area contributed by atoms with Gasteiger partial charge in [-0.05, 0) is 37.5 Å². The number of phenols is 1. The van der Waals surface area contributed by atoms with Crippen molar-refractivity contribution in [3.63, 3.8) is 0 Å². The Kier molecular flexibility index (Phi) is 10.9. The van der Waals surface area contributed by atoms with E-state index < -0.39 is 12.0 Å². The van der Waals surface area contributed by atoms with Crippen LogP contribution in [0.4, 0.5) is 15.5 Å². The van der Waals surface area contributed by atoms with E-state index in [1.54, 1.807) is 19.1 Å². The van der Waals surface area contributed by atoms with E-state index in [2.05, 4.69) is 17.6 Å². The van der Waals surface area contributed by atoms with Crippen molar-refractivity contribution in [2.45, 2.75) is 65.7 Å². The Morgan fingerprint density at radius 3 is 2.38 bits per heavy atom. The molecule has 0 radical (unpaired) electrons. The smallest absolute Gasteiger partial charge is 0.339 e. The van der Waals surface area contributed by atoms with Gasteiger partial charge >= 0.3 is 12.0 Å². The summed E-state index contributed by atoms with van der Waals surface area (Å²) in [6.07, 6.45) is 7.26. The number of hydrogen-bond donors (Lipinski definition) is 4. The molecule has 186 valence electrons. The first kappa shape index (κ1) is 27.2. The largest absolute Gasteiger partial charge is 0.508 e. The Bertz CT molecular complexity index is 989. The van der Waals surface area contributed by atoms with Gasteiger partial charge in [-0.25, -0.2) is 9.59 Å². The number of hydrogen-bond acceptors (Lipinski definition) is 5. The Morgan fingerprint density at radius 1 is 1.03 bits per heavy atom. The summed E-state index contributed by atoms with van der Waals surface area (Å²) in [5.41, 5.74) is 0.730. The van der Waals surface area contributed by atoms with Gasteiger partial charge in [0.1, 0.15) is 10.8 Å². The molecule has 0 aliphatic heterocycles. The van der Waals surface area contributed by atoms with E-state index >= 15 is 0 Å². The van der Waals surface area contributed by atoms with Crippen molar-refractivity contribution in [3.8, 4) is 5.75 Å². The van der Waals surface area contributed by atoms with Gasteiger partial charge in [0.25, 0.3) is 5.91 Å². The molecule has 1 heterocycles. The number of aromatic carboxylic acids is 1. The second kappa shape index (κ2) is 13.6. The molecule has 34 heavy (non-hydrogen) atoms. The second-order valence-electron chi connectivity index (χ2n) is 8.19. The number of nitrogens with one attached hydrogen (secondary N) is 2. The number of unbranched alkanes of at least 4 members (excludes halogenated alkanes) is 5. The summed E-state index contributed by atoms with van der Waals surface area (Å²) < 4.78 is 0. The summed E-state index contributed by atoms with van der Waals surface area (Å²) in [4.78, 5) is 39.4. The van der Waals surface area contributed by atoms with Gasteiger partial charge in [-0.1, -0.05) is 52.0 Å². The van der Waals surface area contributed by atoms with E-state index in [1.807, 2.05) is 6.92 Å². The first-order valence-electron chi connectivity index (χ1n) is 11.8. The Labute approximate surface area is 205 Å². The molecule has 3 amide bonds. The number of amides is 3. The molecule has 9 heteroatoms. The molecule has 1 aromatic heterocycles. The topological polar surface area (TPSA) is 119 Å². The lowest BCUT2D eigenvalue weighted by atomic mass is 10.1. The number of phenolic OH excluding ortho intramolecular Hbond substituents is 1. The summed E-state index contributed by atoms with van der Waals surface area (Å²) in [6.45, 7) is 6.55. The van der Waals surface area contributed by atoms with Crippen molar-refractivity contribution in [1.82, 2.24) is 5.32 Å². The van der Waals surface area contributed by atoms with E-state index in [4.69, 9.17) is 0 Å². The maximum Gasteiger partial charge on any atom is 0.339 e. The monoisotopic (exact) mass is 489 g/mol. The molecular weight excluding hydrogens is 454 g/mol. The highest BCUT2D eigenvalue weighted by Gasteiger charge is 2.28. The maximum absolute atomic E-state index is 13.4. The van der Waals surface area contributed by atoms with Crippen LogP contribution in [0.1, 0.15) is 84.4 Å². The van der Waals surface area contributed by atoms with Crippen LogP contribution in [0.25, 0.3) is 0 Å². The molecule has 0 spiro atoms. The zero-order valence-electron chi connectivity index (χ0n) is 20.1. The average Bonchev–Trinajstić information content (AvgIpc) is 3.12. The van der Waals surface area contributed by atoms with E-state index in [0.717, 1.165) is 30.6 Å². The summed E-state index contributed by atoms with van der Waals surface area (Å²) in [5.74, 6) is -1.55. The Hall–Kier alpha value is -3.07. The number of benzene rings is 1. The van der Waals surface area contributed by atoms with Gasteiger partial charge in [0.2, 0.25) is 0 Å². The number of aromatic hydroxyl groups is 1. The van der Waals surface area contributed by atoms with Crippen LogP contribution in [-0.2, 0) is 0 Å². The minimum absolute atomic E-state index is 0.0323. The molecule has 1 aromatic carbocycles. The van der Waals surface area contributed by atoms with Crippen molar-refractivity contribution in [1.29, 1.82) is 0 Å². The van der Waals surface area contributed by atoms with Crippen LogP contribution in [0.5, 0.6) is 5.75 Å². The molecule has 4 N–H and O–H groups in total. The van der Waals surface area contributed by atoms with Crippen molar-refractivity contribution in [3.05, 3.63) is 40.3 Å². The second-order valence-corrected chi connectivity index (χ2v) is 9.21. The number of urea groups is 1. The van der Waals surface area contributed by atoms with E-state index in [0.29, 0.717) is 30.8 Å². The number of carboxylic acids is 1. The van der Waals surface area contributed by atoms with Gasteiger partial charge in [-0.15, -0.1) is 11.3 Å². The molecule has 0 unspecified atom stereocenters. The van der Waals surface area contributed by atoms with E-state index in [9.17, 15) is 24.6 Å². The first-order chi connectivity index (χ1) is 16.3. The Morgan fingerprint density at radius 2 is 1.74 bits per heavy atom. The fraction of sp³-hybridized carbons (Fsp3) is 0.480. The normalized spacial score (nSPS) is 10.7. The van der Waals surface area contributed by atoms with Gasteiger partial charge < -0.3 is 20.4 Å². The SMILES string of the molecule is CCCCCCCCNC(=O)Nc1sc(C(=O)N(CCC)c2cccc(O)c2)c(C)c1C(=O)O. The molecule has 0 bridgehead atoms. The number of carbonyl (C=O) groups is 3. The molecule has 0 saturated heterocycles. The van der Waals surface area contributed by atoms with Crippen LogP contribution in [0.2, 0.25) is 0 Å². The predicted molar refractivity (Wildman–Crippen MR) is 136 cm³/mol. The fourth-order valence-electron chi connectivity index (χ4n) is 3.67. The zero-order chi connectivity index (χ0) is 25.1. The zero-order valence-corrected chi connectivity index (χ0v) is 21.0. The number of rotatable bonds is 13. The lowest BCUT2D eigenvalue weighted by molar-refractivity contribution is 0.0697. The van der Waals surface area contributed by atoms with Gasteiger partial charge in [-0.2, -0.15) is 0 Å². The highest BCUT2D eigenvalue weighted by molar-refractivity contribution is 7.19. The highest BCUT2D eigenvalue weighted by atomic mass is 32.1. The van der Waals surface area contributed by atoms with Gasteiger partial charge in [0, 0.05) is 24.8 Å². The molecular formula is C25H35N3O5S. The average molecular weight is 490 g/mol. The van der Waals surface area contributed by atoms with Crippen molar-refractivity contribution in [2.24, 2.45) is 0 Å². The molecule has 0 aliphatic carbocycles. The predicted octanol–water partition coefficient (Wildman–Crippen LogP) is 6.00. The van der Waals surface area contributed by atoms with Crippen LogP contribution in [-0.4, -0.2) is 41.2 Å². The number of thiophene rings is 1. The fourth-order valence-corrected chi connectivity index (χ4v) is 4.82. The number of anilines is 2. The maximum atomic E-state index is 13.4. The van der Waals surface area contributed by atoms with Gasteiger partial charge in [0.05, 0.1) is 10.4 Å². The summed E-state index contributed by atoms with van der Waals surface area (Å²) in [5, 5.41) is 25.1. The van der Waals surface area contributed by atoms with Crippen LogP contribution in [0, 0.1) is 6.92 Å². The van der Waals surface area contributed by atoms with Crippen LogP contribution >= 0.6 is 11.3 Å². The molecule has 0 fully saturated rings. The lowest BCUT2D eigenvalue weighted by Crippen LogP contribution is -2.31. The van der Waals surface area contributed by atoms with Gasteiger partial charge in [0.15, 0.2) is 0 Å². The van der Waals surface area contributed by atoms with Gasteiger partial charge in [-0.3, -0.25) is 10.1 Å². The highest BCUT2D eigenvalue weighted by Crippen LogP contribution is 2.35. The number of nitrogens with zero attached hydrogens (tertiary/aromatic N) is 1. The molecule has 0 aliphatic rings. The molecule has 8 nitrogen and oxygen atoms in total. The van der Waals surface area contributed by atoms with Crippen molar-refractivity contribution < 1.29 is 24.6 Å². The minimum Gasteiger partial charge on any atom is -0.508 e. The third-order valence-electron chi connectivity index (χ3n) is 5.43. The summed E-state index contributed by atoms with van der Waals surface area (Å²) in [6, 6.07) is 5.87. The molecule has 2 aromatic rings. The van der Waals surface area contributed by atoms with E-state index in [-0.39, 0.29) is 27.1 Å². The quantitative estimate of drug-likeness (QED) is 0.257. The Balaban J connectivity index is 2.15. The third kappa shape index (κ3) is 7.48.